The summed E-state index contributed by atoms with van der Waals surface area (Å²) >= 11 is 0. The van der Waals surface area contributed by atoms with Crippen molar-refractivity contribution in [3.05, 3.63) is 51.9 Å². The average Bonchev–Trinajstić information content (AvgIpc) is 2.62. The van der Waals surface area contributed by atoms with Crippen LogP contribution in [-0.4, -0.2) is 35.0 Å². The molecule has 0 amide bonds. The highest BCUT2D eigenvalue weighted by atomic mass is 16.6. The van der Waals surface area contributed by atoms with Gasteiger partial charge in [-0.05, 0) is 39.8 Å². The summed E-state index contributed by atoms with van der Waals surface area (Å²) in [5.41, 5.74) is -1.12. The molecule has 0 aliphatic carbocycles. The number of hydrogen-bond donors (Lipinski definition) is 2. The van der Waals surface area contributed by atoms with E-state index < -0.39 is 29.4 Å². The van der Waals surface area contributed by atoms with E-state index in [1.165, 1.54) is 33.1 Å². The fourth-order valence-corrected chi connectivity index (χ4v) is 2.61. The lowest BCUT2D eigenvalue weighted by molar-refractivity contribution is -0.172. The van der Waals surface area contributed by atoms with Crippen LogP contribution in [0.3, 0.4) is 0 Å². The van der Waals surface area contributed by atoms with Crippen LogP contribution in [0.2, 0.25) is 0 Å². The summed E-state index contributed by atoms with van der Waals surface area (Å²) < 4.78 is 15.8. The molecule has 0 bridgehead atoms. The molecule has 1 aromatic carbocycles. The number of ether oxygens (including phenoxy) is 2. The minimum absolute atomic E-state index is 0.234. The molecule has 7 heteroatoms. The van der Waals surface area contributed by atoms with Gasteiger partial charge in [0.05, 0.1) is 12.7 Å². The average molecular weight is 376 g/mol. The molecule has 0 spiro atoms. The number of hydrogen-bond acceptors (Lipinski definition) is 7. The van der Waals surface area contributed by atoms with Crippen molar-refractivity contribution in [2.75, 3.05) is 7.11 Å². The summed E-state index contributed by atoms with van der Waals surface area (Å²) in [6, 6.07) is 5.84. The third kappa shape index (κ3) is 4.56. The molecule has 2 N–H and O–H groups in total. The van der Waals surface area contributed by atoms with Crippen molar-refractivity contribution >= 4 is 16.9 Å². The number of fused-ring (bicyclic) bond motifs is 1. The quantitative estimate of drug-likeness (QED) is 0.453. The molecular formula is C20H24O7. The maximum atomic E-state index is 12.2. The smallest absolute Gasteiger partial charge is 0.336 e. The normalized spacial score (nSPS) is 14.7. The van der Waals surface area contributed by atoms with Gasteiger partial charge in [0.15, 0.2) is 6.10 Å². The minimum atomic E-state index is -1.54. The van der Waals surface area contributed by atoms with Gasteiger partial charge in [0.1, 0.15) is 17.4 Å². The molecule has 0 saturated carbocycles. The van der Waals surface area contributed by atoms with Crippen LogP contribution in [0.1, 0.15) is 39.4 Å². The van der Waals surface area contributed by atoms with Crippen molar-refractivity contribution in [1.82, 2.24) is 0 Å². The fraction of sp³-hybridized carbons (Fsp3) is 0.400. The molecule has 1 heterocycles. The van der Waals surface area contributed by atoms with Crippen molar-refractivity contribution in [1.29, 1.82) is 0 Å². The monoisotopic (exact) mass is 376 g/mol. The zero-order chi connectivity index (χ0) is 20.4. The number of benzene rings is 1. The summed E-state index contributed by atoms with van der Waals surface area (Å²) in [4.78, 5) is 23.6. The number of carbonyl (C=O) groups excluding carboxylic acids is 1. The van der Waals surface area contributed by atoms with Crippen molar-refractivity contribution in [3.8, 4) is 5.75 Å². The number of methoxy groups -OCH3 is 1. The van der Waals surface area contributed by atoms with E-state index in [-0.39, 0.29) is 16.9 Å². The van der Waals surface area contributed by atoms with Gasteiger partial charge in [0.25, 0.3) is 0 Å². The van der Waals surface area contributed by atoms with Crippen LogP contribution in [0.25, 0.3) is 11.0 Å². The van der Waals surface area contributed by atoms with Crippen LogP contribution >= 0.6 is 0 Å². The Hall–Kier alpha value is -2.64. The van der Waals surface area contributed by atoms with Gasteiger partial charge in [0.2, 0.25) is 0 Å². The first-order valence-corrected chi connectivity index (χ1v) is 8.44. The Balaban J connectivity index is 2.53. The van der Waals surface area contributed by atoms with E-state index in [0.29, 0.717) is 11.0 Å². The Morgan fingerprint density at radius 3 is 2.52 bits per heavy atom. The van der Waals surface area contributed by atoms with Gasteiger partial charge in [-0.15, -0.1) is 0 Å². The second-order valence-electron chi connectivity index (χ2n) is 6.78. The first kappa shape index (κ1) is 20.7. The van der Waals surface area contributed by atoms with E-state index in [2.05, 4.69) is 0 Å². The first-order chi connectivity index (χ1) is 12.6. The van der Waals surface area contributed by atoms with Gasteiger partial charge in [-0.3, -0.25) is 0 Å². The van der Waals surface area contributed by atoms with E-state index in [9.17, 15) is 19.8 Å². The molecule has 2 atom stereocenters. The highest BCUT2D eigenvalue weighted by molar-refractivity contribution is 5.88. The number of carbonyl (C=O) groups is 1. The molecule has 2 rings (SSSR count). The zero-order valence-electron chi connectivity index (χ0n) is 16.0. The molecule has 0 fully saturated rings. The van der Waals surface area contributed by atoms with Crippen LogP contribution in [0, 0.1) is 0 Å². The summed E-state index contributed by atoms with van der Waals surface area (Å²) in [6.45, 7) is 6.14. The molecule has 27 heavy (non-hydrogen) atoms. The molecule has 0 saturated heterocycles. The molecule has 0 aliphatic rings. The number of rotatable bonds is 6. The van der Waals surface area contributed by atoms with E-state index in [1.54, 1.807) is 32.1 Å². The lowest BCUT2D eigenvalue weighted by atomic mass is 9.91. The number of aliphatic hydroxyl groups is 2. The van der Waals surface area contributed by atoms with Crippen molar-refractivity contribution < 1.29 is 28.9 Å². The van der Waals surface area contributed by atoms with Crippen LogP contribution in [-0.2, 0) is 9.53 Å². The van der Waals surface area contributed by atoms with Gasteiger partial charge < -0.3 is 24.1 Å². The highest BCUT2D eigenvalue weighted by Crippen LogP contribution is 2.35. The van der Waals surface area contributed by atoms with Crippen molar-refractivity contribution in [2.45, 2.75) is 45.5 Å². The maximum Gasteiger partial charge on any atom is 0.336 e. The van der Waals surface area contributed by atoms with Gasteiger partial charge in [-0.1, -0.05) is 6.08 Å². The fourth-order valence-electron chi connectivity index (χ4n) is 2.61. The minimum Gasteiger partial charge on any atom is -0.496 e. The molecule has 0 radical (unpaired) electrons. The van der Waals surface area contributed by atoms with E-state index in [0.717, 1.165) is 0 Å². The lowest BCUT2D eigenvalue weighted by Crippen LogP contribution is -2.44. The topological polar surface area (TPSA) is 106 Å². The van der Waals surface area contributed by atoms with Gasteiger partial charge >= 0.3 is 11.6 Å². The lowest BCUT2D eigenvalue weighted by Gasteiger charge is -2.33. The third-order valence-corrected chi connectivity index (χ3v) is 4.26. The zero-order valence-corrected chi connectivity index (χ0v) is 16.0. The summed E-state index contributed by atoms with van der Waals surface area (Å²) in [5.74, 6) is -0.410. The second-order valence-corrected chi connectivity index (χ2v) is 6.78. The first-order valence-electron chi connectivity index (χ1n) is 8.44. The predicted molar refractivity (Wildman–Crippen MR) is 99.6 cm³/mol. The molecule has 7 nitrogen and oxygen atoms in total. The number of allylic oxidation sites excluding steroid dienone is 1. The maximum absolute atomic E-state index is 12.2. The van der Waals surface area contributed by atoms with E-state index in [1.807, 2.05) is 0 Å². The molecule has 1 aromatic heterocycles. The summed E-state index contributed by atoms with van der Waals surface area (Å²) in [7, 11) is 1.40. The summed E-state index contributed by atoms with van der Waals surface area (Å²) in [5, 5.41) is 21.9. The molecule has 0 unspecified atom stereocenters. The Morgan fingerprint density at radius 1 is 1.30 bits per heavy atom. The Labute approximate surface area is 156 Å². The van der Waals surface area contributed by atoms with Gasteiger partial charge in [0, 0.05) is 28.7 Å². The van der Waals surface area contributed by atoms with Crippen LogP contribution in [0.4, 0.5) is 0 Å². The van der Waals surface area contributed by atoms with Crippen LogP contribution in [0.15, 0.2) is 45.1 Å². The van der Waals surface area contributed by atoms with Crippen LogP contribution in [0.5, 0.6) is 5.75 Å². The Kier molecular flexibility index (Phi) is 6.08. The van der Waals surface area contributed by atoms with Gasteiger partial charge in [-0.2, -0.15) is 0 Å². The van der Waals surface area contributed by atoms with Crippen LogP contribution < -0.4 is 10.4 Å². The summed E-state index contributed by atoms with van der Waals surface area (Å²) in [6.07, 6.45) is -1.07. The highest BCUT2D eigenvalue weighted by Gasteiger charge is 2.39. The number of esters is 1. The molecular weight excluding hydrogens is 352 g/mol. The largest absolute Gasteiger partial charge is 0.496 e. The third-order valence-electron chi connectivity index (χ3n) is 4.26. The Morgan fingerprint density at radius 2 is 1.96 bits per heavy atom. The standard InChI is InChI=1S/C20H24O7/c1-6-11(2)19(23)27-18(20(3,4)24)17(22)13-9-12-7-8-16(21)26-14(12)10-15(13)25-5/h6-10,17-18,22,24H,1-5H3/b11-6-/t17-,18-/m1/s1. The van der Waals surface area contributed by atoms with E-state index >= 15 is 0 Å². The molecule has 0 aliphatic heterocycles. The second kappa shape index (κ2) is 7.94. The van der Waals surface area contributed by atoms with Gasteiger partial charge in [-0.25, -0.2) is 9.59 Å². The Bertz CT molecular complexity index is 918. The molecule has 2 aromatic rings. The molecule has 146 valence electrons. The number of aliphatic hydroxyl groups excluding tert-OH is 1. The predicted octanol–water partition coefficient (Wildman–Crippen LogP) is 2.48. The van der Waals surface area contributed by atoms with Crippen molar-refractivity contribution in [2.24, 2.45) is 0 Å². The SMILES string of the molecule is C/C=C(/C)C(=O)O[C@H]([C@H](O)c1cc2ccc(=O)oc2cc1OC)C(C)(C)O. The van der Waals surface area contributed by atoms with E-state index in [4.69, 9.17) is 13.9 Å². The van der Waals surface area contributed by atoms with Crippen molar-refractivity contribution in [3.63, 3.8) is 0 Å².